The van der Waals surface area contributed by atoms with Gasteiger partial charge in [0.05, 0.1) is 24.0 Å². The predicted octanol–water partition coefficient (Wildman–Crippen LogP) is 2.76. The molecular weight excluding hydrogens is 479 g/mol. The highest BCUT2D eigenvalue weighted by atomic mass is 19.4. The van der Waals surface area contributed by atoms with Crippen molar-refractivity contribution < 1.29 is 32.2 Å². The van der Waals surface area contributed by atoms with Gasteiger partial charge in [0.1, 0.15) is 11.5 Å². The van der Waals surface area contributed by atoms with Crippen LogP contribution in [0.3, 0.4) is 0 Å². The van der Waals surface area contributed by atoms with Crippen molar-refractivity contribution >= 4 is 23.5 Å². The molecular formula is C24H28F3N5O4. The minimum Gasteiger partial charge on any atom is -0.484 e. The van der Waals surface area contributed by atoms with Gasteiger partial charge in [-0.2, -0.15) is 13.2 Å². The molecule has 12 heteroatoms. The second-order valence-electron chi connectivity index (χ2n) is 9.86. The lowest BCUT2D eigenvalue weighted by molar-refractivity contribution is -0.153. The Morgan fingerprint density at radius 3 is 2.25 bits per heavy atom. The summed E-state index contributed by atoms with van der Waals surface area (Å²) in [7, 11) is 3.45. The highest BCUT2D eigenvalue weighted by Gasteiger charge is 2.49. The van der Waals surface area contributed by atoms with Gasteiger partial charge in [0.15, 0.2) is 12.7 Å². The maximum Gasteiger partial charge on any atom is 0.422 e. The lowest BCUT2D eigenvalue weighted by atomic mass is 9.89. The first-order valence-corrected chi connectivity index (χ1v) is 11.4. The van der Waals surface area contributed by atoms with Crippen molar-refractivity contribution in [1.82, 2.24) is 14.9 Å². The zero-order chi connectivity index (χ0) is 26.3. The van der Waals surface area contributed by atoms with Crippen LogP contribution >= 0.6 is 0 Å². The van der Waals surface area contributed by atoms with Gasteiger partial charge in [0.2, 0.25) is 11.9 Å². The third-order valence-corrected chi connectivity index (χ3v) is 6.14. The number of alkyl halides is 3. The standard InChI is InChI=1S/C24H28F3N5O4/c1-23(2)13-32(16-9-28-22(29-10-16)31-11-15(12-31)20(33)30(3)4)21(34)19(23)36-18-7-5-17(6-8-18)35-14-24(25,26)27/h5-10,15,19H,11-14H2,1-4H3. The van der Waals surface area contributed by atoms with Crippen LogP contribution in [0.15, 0.2) is 36.7 Å². The summed E-state index contributed by atoms with van der Waals surface area (Å²) >= 11 is 0. The molecule has 2 fully saturated rings. The largest absolute Gasteiger partial charge is 0.484 e. The van der Waals surface area contributed by atoms with Gasteiger partial charge in [-0.25, -0.2) is 9.97 Å². The van der Waals surface area contributed by atoms with Crippen molar-refractivity contribution in [2.75, 3.05) is 50.1 Å². The zero-order valence-electron chi connectivity index (χ0n) is 20.5. The van der Waals surface area contributed by atoms with Gasteiger partial charge in [-0.3, -0.25) is 9.59 Å². The van der Waals surface area contributed by atoms with Crippen molar-refractivity contribution in [1.29, 1.82) is 0 Å². The van der Waals surface area contributed by atoms with Gasteiger partial charge in [-0.05, 0) is 24.3 Å². The quantitative estimate of drug-likeness (QED) is 0.570. The smallest absolute Gasteiger partial charge is 0.422 e. The molecule has 1 aromatic carbocycles. The maximum absolute atomic E-state index is 13.2. The van der Waals surface area contributed by atoms with Crippen LogP contribution in [0.25, 0.3) is 0 Å². The molecule has 0 bridgehead atoms. The number of anilines is 2. The molecule has 2 aromatic rings. The van der Waals surface area contributed by atoms with E-state index in [9.17, 15) is 22.8 Å². The van der Waals surface area contributed by atoms with Crippen LogP contribution in [-0.2, 0) is 9.59 Å². The van der Waals surface area contributed by atoms with Crippen LogP contribution in [0, 0.1) is 11.3 Å². The number of halogens is 3. The van der Waals surface area contributed by atoms with E-state index in [4.69, 9.17) is 9.47 Å². The fourth-order valence-corrected chi connectivity index (χ4v) is 4.17. The van der Waals surface area contributed by atoms with Gasteiger partial charge in [0, 0.05) is 39.1 Å². The van der Waals surface area contributed by atoms with Crippen LogP contribution in [0.1, 0.15) is 13.8 Å². The third kappa shape index (κ3) is 5.47. The Morgan fingerprint density at radius 1 is 1.11 bits per heavy atom. The molecule has 2 amide bonds. The lowest BCUT2D eigenvalue weighted by Crippen LogP contribution is -2.54. The number of benzene rings is 1. The number of aromatic nitrogens is 2. The highest BCUT2D eigenvalue weighted by molar-refractivity contribution is 5.99. The van der Waals surface area contributed by atoms with Gasteiger partial charge in [0.25, 0.3) is 5.91 Å². The first kappa shape index (κ1) is 25.5. The van der Waals surface area contributed by atoms with E-state index >= 15 is 0 Å². The fourth-order valence-electron chi connectivity index (χ4n) is 4.17. The number of rotatable bonds is 7. The molecule has 0 spiro atoms. The maximum atomic E-state index is 13.2. The normalized spacial score (nSPS) is 19.8. The van der Waals surface area contributed by atoms with Gasteiger partial charge in [-0.1, -0.05) is 13.8 Å². The Labute approximate surface area is 206 Å². The molecule has 194 valence electrons. The molecule has 1 unspecified atom stereocenters. The van der Waals surface area contributed by atoms with E-state index in [-0.39, 0.29) is 23.5 Å². The molecule has 0 saturated carbocycles. The van der Waals surface area contributed by atoms with E-state index in [0.29, 0.717) is 37.0 Å². The fraction of sp³-hybridized carbons (Fsp3) is 0.500. The molecule has 36 heavy (non-hydrogen) atoms. The van der Waals surface area contributed by atoms with Crippen molar-refractivity contribution in [2.24, 2.45) is 11.3 Å². The Bertz CT molecular complexity index is 1100. The van der Waals surface area contributed by atoms with E-state index in [1.807, 2.05) is 18.7 Å². The Morgan fingerprint density at radius 2 is 1.69 bits per heavy atom. The molecule has 0 aliphatic carbocycles. The van der Waals surface area contributed by atoms with Crippen molar-refractivity contribution in [3.05, 3.63) is 36.7 Å². The Hall–Kier alpha value is -3.57. The summed E-state index contributed by atoms with van der Waals surface area (Å²) in [5, 5.41) is 0. The van der Waals surface area contributed by atoms with Gasteiger partial charge >= 0.3 is 6.18 Å². The van der Waals surface area contributed by atoms with Crippen LogP contribution in [0.5, 0.6) is 11.5 Å². The minimum absolute atomic E-state index is 0.0511. The summed E-state index contributed by atoms with van der Waals surface area (Å²) in [6, 6.07) is 5.67. The minimum atomic E-state index is -4.43. The monoisotopic (exact) mass is 507 g/mol. The average molecular weight is 508 g/mol. The van der Waals surface area contributed by atoms with Crippen molar-refractivity contribution in [3.8, 4) is 11.5 Å². The summed E-state index contributed by atoms with van der Waals surface area (Å²) in [5.74, 6) is 0.612. The summed E-state index contributed by atoms with van der Waals surface area (Å²) in [6.07, 6.45) is -2.09. The number of carbonyl (C=O) groups excluding carboxylic acids is 2. The molecule has 0 radical (unpaired) electrons. The van der Waals surface area contributed by atoms with E-state index in [2.05, 4.69) is 9.97 Å². The lowest BCUT2D eigenvalue weighted by Gasteiger charge is -2.39. The SMILES string of the molecule is CN(C)C(=O)C1CN(c2ncc(N3CC(C)(C)C(Oc4ccc(OCC(F)(F)F)cc4)C3=O)cn2)C1. The van der Waals surface area contributed by atoms with Crippen molar-refractivity contribution in [2.45, 2.75) is 26.1 Å². The second kappa shape index (κ2) is 9.47. The number of amides is 2. The van der Waals surface area contributed by atoms with Crippen LogP contribution in [-0.4, -0.2) is 79.3 Å². The predicted molar refractivity (Wildman–Crippen MR) is 125 cm³/mol. The summed E-state index contributed by atoms with van der Waals surface area (Å²) in [6.45, 7) is 3.87. The summed E-state index contributed by atoms with van der Waals surface area (Å²) < 4.78 is 47.6. The second-order valence-corrected chi connectivity index (χ2v) is 9.86. The summed E-state index contributed by atoms with van der Waals surface area (Å²) in [4.78, 5) is 39.0. The highest BCUT2D eigenvalue weighted by Crippen LogP contribution is 2.37. The van der Waals surface area contributed by atoms with E-state index in [0.717, 1.165) is 0 Å². The summed E-state index contributed by atoms with van der Waals surface area (Å²) in [5.41, 5.74) is -0.0291. The number of ether oxygens (including phenoxy) is 2. The third-order valence-electron chi connectivity index (χ3n) is 6.14. The molecule has 0 N–H and O–H groups in total. The zero-order valence-corrected chi connectivity index (χ0v) is 20.5. The van der Waals surface area contributed by atoms with Crippen LogP contribution in [0.2, 0.25) is 0 Å². The topological polar surface area (TPSA) is 88.1 Å². The van der Waals surface area contributed by atoms with Crippen molar-refractivity contribution in [3.63, 3.8) is 0 Å². The first-order valence-electron chi connectivity index (χ1n) is 11.4. The number of hydrogen-bond donors (Lipinski definition) is 0. The van der Waals surface area contributed by atoms with Crippen LogP contribution < -0.4 is 19.3 Å². The molecule has 2 saturated heterocycles. The molecule has 2 aliphatic heterocycles. The average Bonchev–Trinajstić information content (AvgIpc) is 3.01. The molecule has 9 nitrogen and oxygen atoms in total. The Kier molecular flexibility index (Phi) is 6.72. The number of carbonyl (C=O) groups is 2. The first-order chi connectivity index (χ1) is 16.8. The molecule has 3 heterocycles. The van der Waals surface area contributed by atoms with E-state index in [1.54, 1.807) is 36.3 Å². The number of hydrogen-bond acceptors (Lipinski definition) is 7. The molecule has 2 aliphatic rings. The molecule has 1 atom stereocenters. The van der Waals surface area contributed by atoms with Gasteiger partial charge in [-0.15, -0.1) is 0 Å². The van der Waals surface area contributed by atoms with Crippen LogP contribution in [0.4, 0.5) is 24.8 Å². The van der Waals surface area contributed by atoms with E-state index in [1.165, 1.54) is 24.3 Å². The van der Waals surface area contributed by atoms with Gasteiger partial charge < -0.3 is 24.2 Å². The number of nitrogens with zero attached hydrogens (tertiary/aromatic N) is 5. The molecule has 4 rings (SSSR count). The van der Waals surface area contributed by atoms with E-state index < -0.39 is 24.3 Å². The molecule has 1 aromatic heterocycles. The Balaban J connectivity index is 1.38.